The zero-order valence-corrected chi connectivity index (χ0v) is 16.2. The number of esters is 1. The van der Waals surface area contributed by atoms with Crippen molar-refractivity contribution in [1.29, 1.82) is 0 Å². The Morgan fingerprint density at radius 1 is 1.03 bits per heavy atom. The highest BCUT2D eigenvalue weighted by atomic mass is 35.5. The molecular weight excluding hydrogens is 433 g/mol. The lowest BCUT2D eigenvalue weighted by molar-refractivity contribution is -0.147. The maximum Gasteiger partial charge on any atom is 0.426 e. The number of allylic oxidation sites excluding steroid dienone is 2. The summed E-state index contributed by atoms with van der Waals surface area (Å²) in [4.78, 5) is 12.2. The number of benzene rings is 1. The molecule has 1 aromatic carbocycles. The van der Waals surface area contributed by atoms with Crippen LogP contribution in [0.25, 0.3) is 0 Å². The molecule has 1 saturated carbocycles. The van der Waals surface area contributed by atoms with Gasteiger partial charge in [0.25, 0.3) is 0 Å². The first-order chi connectivity index (χ1) is 13.2. The molecule has 1 aliphatic carbocycles. The van der Waals surface area contributed by atoms with Crippen molar-refractivity contribution in [2.75, 3.05) is 7.11 Å². The summed E-state index contributed by atoms with van der Waals surface area (Å²) in [7, 11) is 1.07. The first-order valence-electron chi connectivity index (χ1n) is 8.18. The Bertz CT molecular complexity index is 820. The highest BCUT2D eigenvalue weighted by Gasteiger charge is 2.62. The minimum absolute atomic E-state index is 0.660. The van der Waals surface area contributed by atoms with Crippen LogP contribution in [-0.2, 0) is 27.5 Å². The number of hydrogen-bond acceptors (Lipinski definition) is 3. The van der Waals surface area contributed by atoms with Gasteiger partial charge in [-0.15, -0.1) is 0 Å². The molecule has 0 saturated heterocycles. The first-order valence-corrected chi connectivity index (χ1v) is 8.56. The van der Waals surface area contributed by atoms with Crippen LogP contribution in [0.1, 0.15) is 25.0 Å². The maximum absolute atomic E-state index is 14.0. The van der Waals surface area contributed by atoms with Gasteiger partial charge in [0.1, 0.15) is 11.6 Å². The molecule has 11 heteroatoms. The highest BCUT2D eigenvalue weighted by Crippen LogP contribution is 2.60. The van der Waals surface area contributed by atoms with E-state index in [0.29, 0.717) is 6.08 Å². The SMILES string of the molecule is COCc1c(F)c(F)c(COC(=O)C2C(/C=C(\Cl)C(F)(F)F)C2(C)C)c(F)c1F. The van der Waals surface area contributed by atoms with Crippen molar-refractivity contribution in [3.63, 3.8) is 0 Å². The van der Waals surface area contributed by atoms with Gasteiger partial charge in [0, 0.05) is 7.11 Å². The molecule has 2 rings (SSSR count). The molecule has 0 amide bonds. The zero-order chi connectivity index (χ0) is 22.3. The average molecular weight is 449 g/mol. The third-order valence-corrected chi connectivity index (χ3v) is 5.19. The molecule has 3 nitrogen and oxygen atoms in total. The summed E-state index contributed by atoms with van der Waals surface area (Å²) >= 11 is 5.17. The van der Waals surface area contributed by atoms with Gasteiger partial charge in [-0.25, -0.2) is 17.6 Å². The lowest BCUT2D eigenvalue weighted by atomic mass is 10.1. The van der Waals surface area contributed by atoms with Crippen molar-refractivity contribution in [2.45, 2.75) is 33.2 Å². The predicted molar refractivity (Wildman–Crippen MR) is 87.5 cm³/mol. The van der Waals surface area contributed by atoms with Gasteiger partial charge in [-0.05, 0) is 11.3 Å². The normalized spacial score (nSPS) is 21.3. The van der Waals surface area contributed by atoms with Gasteiger partial charge in [-0.1, -0.05) is 31.5 Å². The van der Waals surface area contributed by atoms with Crippen molar-refractivity contribution >= 4 is 17.6 Å². The van der Waals surface area contributed by atoms with Gasteiger partial charge in [-0.2, -0.15) is 13.2 Å². The van der Waals surface area contributed by atoms with E-state index in [1.54, 1.807) is 0 Å². The van der Waals surface area contributed by atoms with Gasteiger partial charge >= 0.3 is 12.1 Å². The van der Waals surface area contributed by atoms with Gasteiger partial charge in [0.05, 0.1) is 23.7 Å². The maximum atomic E-state index is 14.0. The van der Waals surface area contributed by atoms with Crippen LogP contribution >= 0.6 is 11.6 Å². The Hall–Kier alpha value is -1.81. The smallest absolute Gasteiger partial charge is 0.426 e. The van der Waals surface area contributed by atoms with Gasteiger partial charge in [0.2, 0.25) is 0 Å². The quantitative estimate of drug-likeness (QED) is 0.332. The van der Waals surface area contributed by atoms with E-state index in [0.717, 1.165) is 7.11 Å². The lowest BCUT2D eigenvalue weighted by Gasteiger charge is -2.12. The molecule has 2 atom stereocenters. The van der Waals surface area contributed by atoms with E-state index in [1.807, 2.05) is 0 Å². The van der Waals surface area contributed by atoms with Gasteiger partial charge in [0.15, 0.2) is 23.3 Å². The number of ether oxygens (including phenoxy) is 2. The van der Waals surface area contributed by atoms with E-state index in [1.165, 1.54) is 13.8 Å². The Kier molecular flexibility index (Phi) is 6.59. The number of alkyl halides is 3. The van der Waals surface area contributed by atoms with E-state index in [-0.39, 0.29) is 0 Å². The third kappa shape index (κ3) is 4.53. The molecule has 29 heavy (non-hydrogen) atoms. The molecule has 162 valence electrons. The molecule has 1 aromatic rings. The summed E-state index contributed by atoms with van der Waals surface area (Å²) in [5, 5.41) is -1.42. The van der Waals surface area contributed by atoms with Crippen LogP contribution in [-0.4, -0.2) is 19.3 Å². The van der Waals surface area contributed by atoms with Crippen LogP contribution in [0.4, 0.5) is 30.7 Å². The van der Waals surface area contributed by atoms with Crippen molar-refractivity contribution in [1.82, 2.24) is 0 Å². The van der Waals surface area contributed by atoms with Gasteiger partial charge in [-0.3, -0.25) is 4.79 Å². The molecule has 0 bridgehead atoms. The van der Waals surface area contributed by atoms with Crippen LogP contribution < -0.4 is 0 Å². The molecule has 0 aliphatic heterocycles. The number of rotatable bonds is 6. The summed E-state index contributed by atoms with van der Waals surface area (Å²) < 4.78 is 103. The number of carbonyl (C=O) groups is 1. The van der Waals surface area contributed by atoms with E-state index in [4.69, 9.17) is 16.3 Å². The molecule has 1 fully saturated rings. The number of hydrogen-bond donors (Lipinski definition) is 0. The zero-order valence-electron chi connectivity index (χ0n) is 15.4. The molecule has 0 heterocycles. The average Bonchev–Trinajstić information content (AvgIpc) is 3.16. The minimum atomic E-state index is -4.79. The third-order valence-electron chi connectivity index (χ3n) is 4.85. The summed E-state index contributed by atoms with van der Waals surface area (Å²) in [5.41, 5.74) is -3.08. The van der Waals surface area contributed by atoms with Crippen molar-refractivity contribution < 1.29 is 45.0 Å². The lowest BCUT2D eigenvalue weighted by Crippen LogP contribution is -2.15. The predicted octanol–water partition coefficient (Wildman–Crippen LogP) is 5.39. The summed E-state index contributed by atoms with van der Waals surface area (Å²) in [5.74, 6) is -9.99. The van der Waals surface area contributed by atoms with Gasteiger partial charge < -0.3 is 9.47 Å². The van der Waals surface area contributed by atoms with Crippen molar-refractivity contribution in [2.24, 2.45) is 17.3 Å². The summed E-state index contributed by atoms with van der Waals surface area (Å²) in [6.45, 7) is 1.07. The summed E-state index contributed by atoms with van der Waals surface area (Å²) in [6, 6.07) is 0. The fraction of sp³-hybridized carbons (Fsp3) is 0.500. The van der Waals surface area contributed by atoms with Crippen molar-refractivity contribution in [3.8, 4) is 0 Å². The number of methoxy groups -OCH3 is 1. The molecule has 0 spiro atoms. The Morgan fingerprint density at radius 2 is 1.48 bits per heavy atom. The van der Waals surface area contributed by atoms with Crippen LogP contribution in [0.15, 0.2) is 11.1 Å². The molecule has 0 radical (unpaired) electrons. The standard InChI is InChI=1S/C18H16ClF7O3/c1-17(2)9(4-10(19)18(24,25)26)11(17)16(27)29-6-8-14(22)12(20)7(5-28-3)13(21)15(8)23/h4,9,11H,5-6H2,1-3H3/b10-4-. The Labute approximate surface area is 166 Å². The van der Waals surface area contributed by atoms with E-state index < -0.39 is 82.0 Å². The van der Waals surface area contributed by atoms with E-state index in [2.05, 4.69) is 4.74 Å². The second-order valence-corrected chi connectivity index (χ2v) is 7.50. The van der Waals surface area contributed by atoms with E-state index >= 15 is 0 Å². The fourth-order valence-electron chi connectivity index (χ4n) is 3.04. The summed E-state index contributed by atoms with van der Waals surface area (Å²) in [6.07, 6.45) is -4.13. The molecular formula is C18H16ClF7O3. The first kappa shape index (κ1) is 23.5. The van der Waals surface area contributed by atoms with E-state index in [9.17, 15) is 35.5 Å². The second kappa shape index (κ2) is 8.14. The fourth-order valence-corrected chi connectivity index (χ4v) is 3.18. The molecule has 0 N–H and O–H groups in total. The van der Waals surface area contributed by atoms with Crippen molar-refractivity contribution in [3.05, 3.63) is 45.5 Å². The van der Waals surface area contributed by atoms with Crippen LogP contribution in [0.3, 0.4) is 0 Å². The monoisotopic (exact) mass is 448 g/mol. The molecule has 2 unspecified atom stereocenters. The minimum Gasteiger partial charge on any atom is -0.460 e. The van der Waals surface area contributed by atoms with Crippen LogP contribution in [0.2, 0.25) is 0 Å². The number of halogens is 8. The largest absolute Gasteiger partial charge is 0.460 e. The second-order valence-electron chi connectivity index (χ2n) is 7.09. The topological polar surface area (TPSA) is 35.5 Å². The Balaban J connectivity index is 2.18. The Morgan fingerprint density at radius 3 is 1.90 bits per heavy atom. The highest BCUT2D eigenvalue weighted by molar-refractivity contribution is 6.30. The number of carbonyl (C=O) groups excluding carboxylic acids is 1. The van der Waals surface area contributed by atoms with Crippen LogP contribution in [0, 0.1) is 40.5 Å². The molecule has 1 aliphatic rings. The van der Waals surface area contributed by atoms with Crippen LogP contribution in [0.5, 0.6) is 0 Å². The molecule has 0 aromatic heterocycles.